The fraction of sp³-hybridized carbons (Fsp3) is 0.118. The van der Waals surface area contributed by atoms with Crippen molar-refractivity contribution in [3.05, 3.63) is 66.5 Å². The molecule has 0 aliphatic heterocycles. The summed E-state index contributed by atoms with van der Waals surface area (Å²) in [6.45, 7) is 0.554. The molecule has 1 heterocycles. The minimum atomic E-state index is -3.76. The van der Waals surface area contributed by atoms with Gasteiger partial charge in [0, 0.05) is 12.3 Å². The lowest BCUT2D eigenvalue weighted by Crippen LogP contribution is -2.13. The molecule has 3 rings (SSSR count). The Morgan fingerprint density at radius 2 is 1.96 bits per heavy atom. The number of benzene rings is 2. The SMILES string of the molecule is COc1cc(S(=O)(=O)Nc2cnn(Cc3ccccc3)c2)ccc1N. The summed E-state index contributed by atoms with van der Waals surface area (Å²) in [7, 11) is -2.33. The van der Waals surface area contributed by atoms with E-state index in [2.05, 4.69) is 9.82 Å². The minimum absolute atomic E-state index is 0.0642. The molecule has 3 N–H and O–H groups in total. The fourth-order valence-corrected chi connectivity index (χ4v) is 3.39. The number of sulfonamides is 1. The molecule has 0 aliphatic rings. The summed E-state index contributed by atoms with van der Waals surface area (Å²) in [6, 6.07) is 14.1. The van der Waals surface area contributed by atoms with Crippen LogP contribution < -0.4 is 15.2 Å². The summed E-state index contributed by atoms with van der Waals surface area (Å²) in [4.78, 5) is 0.0642. The molecule has 7 nitrogen and oxygen atoms in total. The van der Waals surface area contributed by atoms with Gasteiger partial charge in [0.25, 0.3) is 10.0 Å². The molecule has 0 aliphatic carbocycles. The molecule has 8 heteroatoms. The van der Waals surface area contributed by atoms with Gasteiger partial charge in [0.1, 0.15) is 5.75 Å². The van der Waals surface area contributed by atoms with Gasteiger partial charge < -0.3 is 10.5 Å². The normalized spacial score (nSPS) is 11.2. The number of nitrogens with zero attached hydrogens (tertiary/aromatic N) is 2. The molecule has 0 saturated heterocycles. The van der Waals surface area contributed by atoms with Crippen LogP contribution in [0.15, 0.2) is 65.8 Å². The maximum absolute atomic E-state index is 12.5. The smallest absolute Gasteiger partial charge is 0.262 e. The first kappa shape index (κ1) is 16.8. The quantitative estimate of drug-likeness (QED) is 0.659. The first-order valence-corrected chi connectivity index (χ1v) is 8.99. The predicted octanol–water partition coefficient (Wildman–Crippen LogP) is 2.32. The zero-order valence-electron chi connectivity index (χ0n) is 13.6. The molecule has 3 aromatic rings. The van der Waals surface area contributed by atoms with Gasteiger partial charge in [-0.1, -0.05) is 30.3 Å². The molecule has 1 aromatic heterocycles. The van der Waals surface area contributed by atoms with E-state index in [4.69, 9.17) is 10.5 Å². The zero-order chi connectivity index (χ0) is 17.9. The third kappa shape index (κ3) is 3.92. The first-order chi connectivity index (χ1) is 12.0. The first-order valence-electron chi connectivity index (χ1n) is 7.50. The van der Waals surface area contributed by atoms with Crippen LogP contribution in [0.1, 0.15) is 5.56 Å². The molecule has 25 heavy (non-hydrogen) atoms. The molecule has 0 amide bonds. The van der Waals surface area contributed by atoms with E-state index in [9.17, 15) is 8.42 Å². The van der Waals surface area contributed by atoms with Crippen molar-refractivity contribution in [1.29, 1.82) is 0 Å². The molecule has 0 fully saturated rings. The summed E-state index contributed by atoms with van der Waals surface area (Å²) in [6.07, 6.45) is 3.11. The molecule has 0 unspecified atom stereocenters. The third-order valence-corrected chi connectivity index (χ3v) is 4.97. The summed E-state index contributed by atoms with van der Waals surface area (Å²) in [5.41, 5.74) is 7.54. The number of rotatable bonds is 6. The fourth-order valence-electron chi connectivity index (χ4n) is 2.35. The number of anilines is 2. The van der Waals surface area contributed by atoms with Crippen molar-refractivity contribution in [2.75, 3.05) is 17.6 Å². The standard InChI is InChI=1S/C17H18N4O3S/c1-24-17-9-15(7-8-16(17)18)25(22,23)20-14-10-19-21(12-14)11-13-5-3-2-4-6-13/h2-10,12,20H,11,18H2,1H3. The maximum atomic E-state index is 12.5. The van der Waals surface area contributed by atoms with Crippen molar-refractivity contribution in [1.82, 2.24) is 9.78 Å². The third-order valence-electron chi connectivity index (χ3n) is 3.59. The van der Waals surface area contributed by atoms with Crippen LogP contribution in [0.5, 0.6) is 5.75 Å². The Hall–Kier alpha value is -3.00. The number of hydrogen-bond donors (Lipinski definition) is 2. The number of nitrogens with one attached hydrogen (secondary N) is 1. The van der Waals surface area contributed by atoms with Crippen LogP contribution in [-0.2, 0) is 16.6 Å². The summed E-state index contributed by atoms with van der Waals surface area (Å²) < 4.78 is 34.2. The van der Waals surface area contributed by atoms with Crippen LogP contribution in [0.25, 0.3) is 0 Å². The topological polar surface area (TPSA) is 99.2 Å². The number of nitrogens with two attached hydrogens (primary N) is 1. The van der Waals surface area contributed by atoms with Crippen molar-refractivity contribution >= 4 is 21.4 Å². The van der Waals surface area contributed by atoms with Gasteiger partial charge in [-0.05, 0) is 17.7 Å². The Morgan fingerprint density at radius 1 is 1.20 bits per heavy atom. The van der Waals surface area contributed by atoms with Gasteiger partial charge in [0.2, 0.25) is 0 Å². The Kier molecular flexibility index (Phi) is 4.62. The van der Waals surface area contributed by atoms with Crippen molar-refractivity contribution in [2.24, 2.45) is 0 Å². The summed E-state index contributed by atoms with van der Waals surface area (Å²) in [5, 5.41) is 4.18. The summed E-state index contributed by atoms with van der Waals surface area (Å²) in [5.74, 6) is 0.308. The van der Waals surface area contributed by atoms with Crippen molar-refractivity contribution in [2.45, 2.75) is 11.4 Å². The van der Waals surface area contributed by atoms with Gasteiger partial charge >= 0.3 is 0 Å². The lowest BCUT2D eigenvalue weighted by atomic mass is 10.2. The lowest BCUT2D eigenvalue weighted by Gasteiger charge is -2.09. The Bertz CT molecular complexity index is 969. The molecule has 2 aromatic carbocycles. The second-order valence-corrected chi connectivity index (χ2v) is 7.10. The maximum Gasteiger partial charge on any atom is 0.262 e. The molecule has 0 radical (unpaired) electrons. The number of methoxy groups -OCH3 is 1. The van der Waals surface area contributed by atoms with Gasteiger partial charge in [-0.2, -0.15) is 5.10 Å². The van der Waals surface area contributed by atoms with E-state index in [1.807, 2.05) is 30.3 Å². The molecule has 0 bridgehead atoms. The predicted molar refractivity (Wildman–Crippen MR) is 96.0 cm³/mol. The van der Waals surface area contributed by atoms with E-state index in [-0.39, 0.29) is 4.90 Å². The monoisotopic (exact) mass is 358 g/mol. The molecule has 0 atom stereocenters. The molecular formula is C17H18N4O3S. The van der Waals surface area contributed by atoms with E-state index >= 15 is 0 Å². The second-order valence-electron chi connectivity index (χ2n) is 5.42. The average Bonchev–Trinajstić information content (AvgIpc) is 3.02. The summed E-state index contributed by atoms with van der Waals surface area (Å²) >= 11 is 0. The van der Waals surface area contributed by atoms with Gasteiger partial charge in [0.15, 0.2) is 0 Å². The highest BCUT2D eigenvalue weighted by Crippen LogP contribution is 2.26. The minimum Gasteiger partial charge on any atom is -0.495 e. The molecule has 0 spiro atoms. The van der Waals surface area contributed by atoms with Crippen LogP contribution in [0.2, 0.25) is 0 Å². The Balaban J connectivity index is 1.77. The number of ether oxygens (including phenoxy) is 1. The zero-order valence-corrected chi connectivity index (χ0v) is 14.4. The van der Waals surface area contributed by atoms with Gasteiger partial charge in [-0.3, -0.25) is 9.40 Å². The van der Waals surface area contributed by atoms with Crippen LogP contribution >= 0.6 is 0 Å². The van der Waals surface area contributed by atoms with E-state index < -0.39 is 10.0 Å². The van der Waals surface area contributed by atoms with Crippen molar-refractivity contribution < 1.29 is 13.2 Å². The van der Waals surface area contributed by atoms with Crippen LogP contribution in [0.3, 0.4) is 0 Å². The van der Waals surface area contributed by atoms with Crippen LogP contribution in [0.4, 0.5) is 11.4 Å². The lowest BCUT2D eigenvalue weighted by molar-refractivity contribution is 0.415. The average molecular weight is 358 g/mol. The molecule has 0 saturated carbocycles. The van der Waals surface area contributed by atoms with Crippen molar-refractivity contribution in [3.8, 4) is 5.75 Å². The van der Waals surface area contributed by atoms with Gasteiger partial charge in [0.05, 0.1) is 36.1 Å². The van der Waals surface area contributed by atoms with Crippen molar-refractivity contribution in [3.63, 3.8) is 0 Å². The van der Waals surface area contributed by atoms with E-state index in [1.54, 1.807) is 10.9 Å². The largest absolute Gasteiger partial charge is 0.495 e. The van der Waals surface area contributed by atoms with Gasteiger partial charge in [-0.25, -0.2) is 8.42 Å². The molecular weight excluding hydrogens is 340 g/mol. The van der Waals surface area contributed by atoms with E-state index in [0.29, 0.717) is 23.7 Å². The second kappa shape index (κ2) is 6.86. The number of aromatic nitrogens is 2. The van der Waals surface area contributed by atoms with Crippen LogP contribution in [-0.4, -0.2) is 25.3 Å². The Labute approximate surface area is 146 Å². The van der Waals surface area contributed by atoms with Crippen LogP contribution in [0, 0.1) is 0 Å². The van der Waals surface area contributed by atoms with Gasteiger partial charge in [-0.15, -0.1) is 0 Å². The highest BCUT2D eigenvalue weighted by atomic mass is 32.2. The Morgan fingerprint density at radius 3 is 2.68 bits per heavy atom. The highest BCUT2D eigenvalue weighted by Gasteiger charge is 2.17. The van der Waals surface area contributed by atoms with E-state index in [1.165, 1.54) is 31.5 Å². The van der Waals surface area contributed by atoms with E-state index in [0.717, 1.165) is 5.56 Å². The number of hydrogen-bond acceptors (Lipinski definition) is 5. The number of nitrogen functional groups attached to an aromatic ring is 1. The highest BCUT2D eigenvalue weighted by molar-refractivity contribution is 7.92. The molecule has 130 valence electrons.